The summed E-state index contributed by atoms with van der Waals surface area (Å²) >= 11 is 0. The maximum Gasteiger partial charge on any atom is 0.390 e. The summed E-state index contributed by atoms with van der Waals surface area (Å²) in [6, 6.07) is 18.4. The maximum atomic E-state index is 14.5. The Hall–Kier alpha value is -8.23. The Morgan fingerprint density at radius 2 is 0.987 bits per heavy atom. The molecule has 2 saturated carbocycles. The van der Waals surface area contributed by atoms with Crippen LogP contribution in [0.1, 0.15) is 111 Å². The maximum absolute atomic E-state index is 14.5. The average molecular weight is 1080 g/mol. The van der Waals surface area contributed by atoms with Gasteiger partial charge in [-0.05, 0) is 123 Å². The van der Waals surface area contributed by atoms with E-state index in [4.69, 9.17) is 0 Å². The number of hydrogen-bond acceptors (Lipinski definition) is 9. The zero-order valence-electron chi connectivity index (χ0n) is 41.9. The number of nitrogens with one attached hydrogen (secondary N) is 2. The van der Waals surface area contributed by atoms with E-state index in [-0.39, 0.29) is 56.8 Å². The molecule has 4 aromatic heterocycles. The van der Waals surface area contributed by atoms with E-state index < -0.39 is 72.9 Å². The number of Topliss-reactive ketones (excluding diaryl/α,β-unsaturated/α-hetero) is 2. The highest BCUT2D eigenvalue weighted by atomic mass is 19.4. The van der Waals surface area contributed by atoms with E-state index in [1.54, 1.807) is 37.3 Å². The summed E-state index contributed by atoms with van der Waals surface area (Å²) in [6.07, 6.45) is -2.80. The van der Waals surface area contributed by atoms with Gasteiger partial charge in [0.2, 0.25) is 5.78 Å². The van der Waals surface area contributed by atoms with Gasteiger partial charge in [-0.15, -0.1) is 0 Å². The number of nitrogens with zero attached hydrogens (tertiary/aromatic N) is 6. The first-order valence-corrected chi connectivity index (χ1v) is 24.8. The molecule has 0 bridgehead atoms. The molecule has 0 atom stereocenters. The van der Waals surface area contributed by atoms with Gasteiger partial charge in [-0.3, -0.25) is 14.4 Å². The van der Waals surface area contributed by atoms with Crippen molar-refractivity contribution < 1.29 is 58.3 Å². The number of halogens is 10. The van der Waals surface area contributed by atoms with E-state index in [2.05, 4.69) is 37.4 Å². The summed E-state index contributed by atoms with van der Waals surface area (Å²) in [5.74, 6) is -3.12. The number of aromatic nitrogens is 6. The van der Waals surface area contributed by atoms with E-state index in [1.807, 2.05) is 13.0 Å². The molecule has 21 heteroatoms. The van der Waals surface area contributed by atoms with Crippen LogP contribution in [0.4, 0.5) is 55.3 Å². The molecule has 78 heavy (non-hydrogen) atoms. The number of anilines is 2. The Kier molecular flexibility index (Phi) is 15.4. The molecule has 4 heterocycles. The van der Waals surface area contributed by atoms with Crippen LogP contribution >= 0.6 is 0 Å². The number of hydrogen-bond donors (Lipinski definition) is 2. The molecule has 0 unspecified atom stereocenters. The molecule has 4 aromatic carbocycles. The Bertz CT molecular complexity index is 3420. The fourth-order valence-electron chi connectivity index (χ4n) is 8.86. The van der Waals surface area contributed by atoms with Crippen molar-refractivity contribution in [1.82, 2.24) is 29.2 Å². The second-order valence-corrected chi connectivity index (χ2v) is 19.5. The fraction of sp³-hybridized carbons (Fsp3) is 0.281. The molecule has 2 N–H and O–H groups in total. The van der Waals surface area contributed by atoms with Crippen molar-refractivity contribution in [3.8, 4) is 22.5 Å². The lowest BCUT2D eigenvalue weighted by Crippen LogP contribution is -2.16. The van der Waals surface area contributed by atoms with Crippen LogP contribution in [0.25, 0.3) is 39.4 Å². The minimum absolute atomic E-state index is 0.0459. The number of aryl methyl sites for hydroxylation is 2. The third-order valence-electron chi connectivity index (χ3n) is 13.3. The third kappa shape index (κ3) is 12.8. The molecular formula is C57H48F10N8O3. The van der Waals surface area contributed by atoms with Crippen LogP contribution < -0.4 is 10.6 Å². The molecule has 10 rings (SSSR count). The lowest BCUT2D eigenvalue weighted by molar-refractivity contribution is -0.132. The van der Waals surface area contributed by atoms with Crippen LogP contribution in [0.2, 0.25) is 0 Å². The lowest BCUT2D eigenvalue weighted by Gasteiger charge is -2.14. The predicted molar refractivity (Wildman–Crippen MR) is 272 cm³/mol. The highest BCUT2D eigenvalue weighted by Gasteiger charge is 2.30. The fourth-order valence-corrected chi connectivity index (χ4v) is 8.86. The standard InChI is InChI=1S/C29H25F5N4O.C28H23F5N4O2/c1-16-11-19(5-7-21(16)27(39)12-18-3-4-18)26-15-36-28-25(35-10-9-29(32,33)34)14-24(37-38(26)28)17(2)22-13-20(30)6-8-23(22)31;1-15-10-17(4-6-19(15)25(38)11-16-2-3-16)24-14-35-27-23(34-9-8-28(31,32)33)13-22(36-37(24)27)26(39)20-12-18(29)5-7-21(20)30/h5-8,11,13-15,18,35H,2-4,9-10,12H2,1H3;4-7,10,12-14,16,34H,2-3,8-9,11H2,1H3. The normalized spacial score (nSPS) is 13.6. The van der Waals surface area contributed by atoms with Crippen LogP contribution in [-0.4, -0.2) is 72.0 Å². The van der Waals surface area contributed by atoms with E-state index in [0.29, 0.717) is 58.3 Å². The zero-order valence-corrected chi connectivity index (χ0v) is 41.9. The molecule has 0 aliphatic heterocycles. The molecule has 404 valence electrons. The summed E-state index contributed by atoms with van der Waals surface area (Å²) in [7, 11) is 0. The molecular weight excluding hydrogens is 1030 g/mol. The molecule has 2 fully saturated rings. The van der Waals surface area contributed by atoms with E-state index in [9.17, 15) is 58.3 Å². The second-order valence-electron chi connectivity index (χ2n) is 19.5. The monoisotopic (exact) mass is 1080 g/mol. The van der Waals surface area contributed by atoms with Crippen molar-refractivity contribution in [1.29, 1.82) is 0 Å². The average Bonchev–Trinajstić information content (AvgIpc) is 4.33. The number of carbonyl (C=O) groups is 3. The molecule has 0 radical (unpaired) electrons. The number of carbonyl (C=O) groups excluding carboxylic acids is 3. The predicted octanol–water partition coefficient (Wildman–Crippen LogP) is 14.0. The molecule has 11 nitrogen and oxygen atoms in total. The van der Waals surface area contributed by atoms with Crippen LogP contribution in [0.5, 0.6) is 0 Å². The minimum Gasteiger partial charge on any atom is -0.382 e. The largest absolute Gasteiger partial charge is 0.390 e. The Labute approximate surface area is 439 Å². The molecule has 2 aliphatic carbocycles. The first-order chi connectivity index (χ1) is 37.0. The Morgan fingerprint density at radius 1 is 0.564 bits per heavy atom. The van der Waals surface area contributed by atoms with Gasteiger partial charge in [0.25, 0.3) is 0 Å². The number of ketones is 3. The van der Waals surface area contributed by atoms with Crippen molar-refractivity contribution in [3.63, 3.8) is 0 Å². The minimum atomic E-state index is -4.42. The van der Waals surface area contributed by atoms with Crippen LogP contribution in [-0.2, 0) is 0 Å². The molecule has 8 aromatic rings. The van der Waals surface area contributed by atoms with Gasteiger partial charge in [0.1, 0.15) is 29.0 Å². The van der Waals surface area contributed by atoms with Crippen molar-refractivity contribution in [2.24, 2.45) is 11.8 Å². The topological polar surface area (TPSA) is 136 Å². The number of rotatable bonds is 18. The summed E-state index contributed by atoms with van der Waals surface area (Å²) in [4.78, 5) is 47.1. The summed E-state index contributed by atoms with van der Waals surface area (Å²) in [6.45, 7) is 6.57. The summed E-state index contributed by atoms with van der Waals surface area (Å²) in [5.41, 5.74) is 4.71. The number of alkyl halides is 6. The van der Waals surface area contributed by atoms with Gasteiger partial charge < -0.3 is 10.6 Å². The molecule has 0 amide bonds. The van der Waals surface area contributed by atoms with Gasteiger partial charge in [0.15, 0.2) is 22.9 Å². The Morgan fingerprint density at radius 3 is 1.42 bits per heavy atom. The Balaban J connectivity index is 0.000000190. The van der Waals surface area contributed by atoms with E-state index in [0.717, 1.165) is 73.2 Å². The third-order valence-corrected chi connectivity index (χ3v) is 13.3. The summed E-state index contributed by atoms with van der Waals surface area (Å²) in [5, 5.41) is 14.2. The van der Waals surface area contributed by atoms with E-state index in [1.165, 1.54) is 33.6 Å². The molecule has 0 saturated heterocycles. The molecule has 0 spiro atoms. The van der Waals surface area contributed by atoms with E-state index >= 15 is 0 Å². The van der Waals surface area contributed by atoms with Crippen LogP contribution in [0.3, 0.4) is 0 Å². The van der Waals surface area contributed by atoms with Gasteiger partial charge in [-0.1, -0.05) is 30.8 Å². The van der Waals surface area contributed by atoms with Crippen molar-refractivity contribution in [3.05, 3.63) is 172 Å². The van der Waals surface area contributed by atoms with Gasteiger partial charge in [0.05, 0.1) is 59.3 Å². The van der Waals surface area contributed by atoms with Gasteiger partial charge >= 0.3 is 12.4 Å². The van der Waals surface area contributed by atoms with Gasteiger partial charge in [0, 0.05) is 59.3 Å². The van der Waals surface area contributed by atoms with Crippen molar-refractivity contribution in [2.45, 2.75) is 77.6 Å². The lowest BCUT2D eigenvalue weighted by atomic mass is 9.98. The highest BCUT2D eigenvalue weighted by molar-refractivity contribution is 6.08. The van der Waals surface area contributed by atoms with Crippen LogP contribution in [0, 0.1) is 49.0 Å². The number of imidazole rings is 2. The van der Waals surface area contributed by atoms with Crippen LogP contribution in [0.15, 0.2) is 104 Å². The first kappa shape index (κ1) is 54.6. The second kappa shape index (κ2) is 22.0. The van der Waals surface area contributed by atoms with Crippen molar-refractivity contribution >= 4 is 45.6 Å². The van der Waals surface area contributed by atoms with Gasteiger partial charge in [-0.25, -0.2) is 36.6 Å². The zero-order chi connectivity index (χ0) is 55.8. The summed E-state index contributed by atoms with van der Waals surface area (Å²) < 4.78 is 136. The highest BCUT2D eigenvalue weighted by Crippen LogP contribution is 2.37. The van der Waals surface area contributed by atoms with Gasteiger partial charge in [-0.2, -0.15) is 36.5 Å². The first-order valence-electron chi connectivity index (χ1n) is 24.8. The number of fused-ring (bicyclic) bond motifs is 2. The quantitative estimate of drug-likeness (QED) is 0.0636. The smallest absolute Gasteiger partial charge is 0.382 e. The SMILES string of the molecule is C=C(c1cc(NCCC(F)(F)F)c2ncc(-c3ccc(C(=O)CC4CC4)c(C)c3)n2n1)c1cc(F)ccc1F.Cc1cc(-c2cnc3c(NCCC(F)(F)F)cc(C(=O)c4cc(F)ccc4F)nn23)ccc1C(=O)CC1CC1. The van der Waals surface area contributed by atoms with Crippen molar-refractivity contribution in [2.75, 3.05) is 23.7 Å². The molecule has 2 aliphatic rings. The number of benzene rings is 4.